The summed E-state index contributed by atoms with van der Waals surface area (Å²) >= 11 is 11.3. The summed E-state index contributed by atoms with van der Waals surface area (Å²) in [7, 11) is 2.99. The van der Waals surface area contributed by atoms with Gasteiger partial charge in [0.2, 0.25) is 17.7 Å². The highest BCUT2D eigenvalue weighted by Crippen LogP contribution is 2.12. The molecule has 1 aliphatic rings. The van der Waals surface area contributed by atoms with E-state index in [0.717, 1.165) is 4.90 Å². The number of nitrogens with two attached hydrogens (primary N) is 1. The van der Waals surface area contributed by atoms with Crippen LogP contribution in [0.25, 0.3) is 11.3 Å². The highest BCUT2D eigenvalue weighted by Gasteiger charge is 2.29. The second-order valence-electron chi connectivity index (χ2n) is 7.46. The van der Waals surface area contributed by atoms with Crippen molar-refractivity contribution in [2.45, 2.75) is 20.3 Å². The Morgan fingerprint density at radius 1 is 0.900 bits per heavy atom. The third-order valence-electron chi connectivity index (χ3n) is 4.80. The lowest BCUT2D eigenvalue weighted by atomic mass is 10.4. The Balaban J connectivity index is 0.000000296. The number of halogens is 3. The van der Waals surface area contributed by atoms with Crippen LogP contribution in [0.1, 0.15) is 20.3 Å². The summed E-state index contributed by atoms with van der Waals surface area (Å²) in [6.07, 6.45) is 3.66. The SMILES string of the molecule is C.CNC(=O)CN1C(=O)CCC1=O.CNC(=O)Nc1cn2nc(Cl)ccc2n1.Nc1cn2nc(Cl)ccc2n1.[I-]. The molecule has 5 amide bonds. The standard InChI is InChI=1S/C8H8ClN5O.C7H10N2O3.C6H5ClN4.CH4.HI/c1-10-8(15)12-6-4-14-7(11-6)3-2-5(9)13-14;1-8-5(10)4-9-6(11)2-3-7(9)12;7-4-1-2-6-9-5(8)3-11(6)10-4;;/h2-4H,1H3,(H2,10,12,15);2-4H2,1H3,(H,8,10);1-3H,8H2;1H4;1H/p-1. The second-order valence-corrected chi connectivity index (χ2v) is 8.23. The number of imidazole rings is 2. The van der Waals surface area contributed by atoms with E-state index in [4.69, 9.17) is 28.9 Å². The van der Waals surface area contributed by atoms with Crippen LogP contribution >= 0.6 is 23.2 Å². The molecule has 18 heteroatoms. The summed E-state index contributed by atoms with van der Waals surface area (Å²) in [4.78, 5) is 52.8. The molecule has 0 aliphatic carbocycles. The van der Waals surface area contributed by atoms with E-state index in [1.54, 1.807) is 36.7 Å². The number of nitrogen functional groups attached to an aromatic ring is 1. The van der Waals surface area contributed by atoms with E-state index in [0.29, 0.717) is 33.2 Å². The van der Waals surface area contributed by atoms with Crippen molar-refractivity contribution < 1.29 is 43.2 Å². The second kappa shape index (κ2) is 15.7. The zero-order valence-corrected chi connectivity index (χ0v) is 24.2. The zero-order valence-electron chi connectivity index (χ0n) is 20.6. The molecule has 0 spiro atoms. The topological polar surface area (TPSA) is 194 Å². The van der Waals surface area contributed by atoms with Gasteiger partial charge in [0.1, 0.15) is 22.7 Å². The number of hydrogen-bond acceptors (Lipinski definition) is 9. The van der Waals surface area contributed by atoms with Gasteiger partial charge in [-0.15, -0.1) is 0 Å². The number of imide groups is 1. The Bertz CT molecular complexity index is 1480. The molecule has 0 atom stereocenters. The number of amides is 5. The smallest absolute Gasteiger partial charge is 0.320 e. The average Bonchev–Trinajstić information content (AvgIpc) is 3.55. The molecule has 40 heavy (non-hydrogen) atoms. The van der Waals surface area contributed by atoms with Gasteiger partial charge in [-0.3, -0.25) is 24.6 Å². The van der Waals surface area contributed by atoms with E-state index in [9.17, 15) is 19.2 Å². The fraction of sp³-hybridized carbons (Fsp3) is 0.273. The van der Waals surface area contributed by atoms with Gasteiger partial charge >= 0.3 is 6.03 Å². The van der Waals surface area contributed by atoms with Crippen molar-refractivity contribution in [3.8, 4) is 0 Å². The Kier molecular flexibility index (Phi) is 13.5. The van der Waals surface area contributed by atoms with Gasteiger partial charge in [0, 0.05) is 26.9 Å². The first kappa shape index (κ1) is 34.3. The number of fused-ring (bicyclic) bond motifs is 2. The fourth-order valence-electron chi connectivity index (χ4n) is 3.00. The number of nitrogens with one attached hydrogen (secondary N) is 3. The first-order valence-electron chi connectivity index (χ1n) is 10.9. The van der Waals surface area contributed by atoms with Crippen LogP contribution in [0.2, 0.25) is 10.3 Å². The molecule has 5 heterocycles. The monoisotopic (exact) mass is 706 g/mol. The number of urea groups is 1. The molecule has 1 aliphatic heterocycles. The van der Waals surface area contributed by atoms with Crippen LogP contribution in [0.4, 0.5) is 16.4 Å². The van der Waals surface area contributed by atoms with E-state index in [2.05, 4.69) is 36.1 Å². The molecule has 0 unspecified atom stereocenters. The lowest BCUT2D eigenvalue weighted by Gasteiger charge is -2.11. The van der Waals surface area contributed by atoms with Crippen LogP contribution in [0.15, 0.2) is 36.7 Å². The maximum absolute atomic E-state index is 11.0. The van der Waals surface area contributed by atoms with Crippen LogP contribution in [0, 0.1) is 0 Å². The Labute approximate surface area is 255 Å². The molecular weight excluding hydrogens is 680 g/mol. The van der Waals surface area contributed by atoms with E-state index in [1.807, 2.05) is 0 Å². The number of rotatable bonds is 3. The lowest BCUT2D eigenvalue weighted by molar-refractivity contribution is -0.142. The number of aromatic nitrogens is 6. The molecule has 1 fully saturated rings. The summed E-state index contributed by atoms with van der Waals surface area (Å²) in [5, 5.41) is 16.0. The summed E-state index contributed by atoms with van der Waals surface area (Å²) in [5.41, 5.74) is 6.74. The van der Waals surface area contributed by atoms with Gasteiger partial charge < -0.3 is 40.3 Å². The van der Waals surface area contributed by atoms with Crippen molar-refractivity contribution in [3.05, 3.63) is 47.0 Å². The van der Waals surface area contributed by atoms with Gasteiger partial charge in [-0.1, -0.05) is 30.6 Å². The number of carbonyl (C=O) groups excluding carboxylic acids is 4. The average molecular weight is 707 g/mol. The van der Waals surface area contributed by atoms with Crippen LogP contribution in [0.5, 0.6) is 0 Å². The van der Waals surface area contributed by atoms with Gasteiger partial charge in [0.05, 0.1) is 12.4 Å². The van der Waals surface area contributed by atoms with Gasteiger partial charge in [0.25, 0.3) is 0 Å². The van der Waals surface area contributed by atoms with Crippen molar-refractivity contribution in [1.82, 2.24) is 44.7 Å². The minimum Gasteiger partial charge on any atom is -1.00 e. The minimum absolute atomic E-state index is 0. The Hall–Kier alpha value is -3.77. The molecule has 4 aromatic heterocycles. The summed E-state index contributed by atoms with van der Waals surface area (Å²) in [5.74, 6) is 0.0229. The highest BCUT2D eigenvalue weighted by molar-refractivity contribution is 6.29. The molecule has 0 bridgehead atoms. The van der Waals surface area contributed by atoms with Crippen LogP contribution in [0.3, 0.4) is 0 Å². The van der Waals surface area contributed by atoms with E-state index < -0.39 is 0 Å². The van der Waals surface area contributed by atoms with Gasteiger partial charge in [-0.25, -0.2) is 23.8 Å². The number of anilines is 2. The molecule has 0 saturated carbocycles. The number of likely N-dealkylation sites (N-methyl/N-ethyl adjacent to an activating group) is 1. The highest BCUT2D eigenvalue weighted by atomic mass is 127. The summed E-state index contributed by atoms with van der Waals surface area (Å²) in [6.45, 7) is -0.145. The third-order valence-corrected chi connectivity index (χ3v) is 5.20. The van der Waals surface area contributed by atoms with Crippen molar-refractivity contribution in [1.29, 1.82) is 0 Å². The quantitative estimate of drug-likeness (QED) is 0.147. The number of nitrogens with zero attached hydrogens (tertiary/aromatic N) is 7. The van der Waals surface area contributed by atoms with Gasteiger partial charge in [0.15, 0.2) is 17.1 Å². The van der Waals surface area contributed by atoms with Crippen LogP contribution < -0.4 is 45.7 Å². The van der Waals surface area contributed by atoms with E-state index in [1.165, 1.54) is 23.1 Å². The largest absolute Gasteiger partial charge is 1.00 e. The van der Waals surface area contributed by atoms with Gasteiger partial charge in [-0.05, 0) is 24.3 Å². The number of likely N-dealkylation sites (tertiary alicyclic amines) is 1. The third kappa shape index (κ3) is 9.45. The van der Waals surface area contributed by atoms with Crippen molar-refractivity contribution in [3.63, 3.8) is 0 Å². The molecule has 1 saturated heterocycles. The summed E-state index contributed by atoms with van der Waals surface area (Å²) < 4.78 is 3.03. The summed E-state index contributed by atoms with van der Waals surface area (Å²) in [6, 6.07) is 6.44. The molecule has 4 aromatic rings. The van der Waals surface area contributed by atoms with Crippen molar-refractivity contribution in [2.24, 2.45) is 0 Å². The van der Waals surface area contributed by atoms with Crippen LogP contribution in [-0.2, 0) is 14.4 Å². The fourth-order valence-corrected chi connectivity index (χ4v) is 3.29. The number of hydrogen-bond donors (Lipinski definition) is 4. The lowest BCUT2D eigenvalue weighted by Crippen LogP contribution is -3.00. The molecule has 0 aromatic carbocycles. The zero-order chi connectivity index (χ0) is 27.8. The normalized spacial score (nSPS) is 11.8. The maximum Gasteiger partial charge on any atom is 0.320 e. The van der Waals surface area contributed by atoms with Crippen LogP contribution in [-0.4, -0.2) is 78.5 Å². The molecule has 15 nitrogen and oxygen atoms in total. The van der Waals surface area contributed by atoms with Crippen molar-refractivity contribution >= 4 is 69.9 Å². The minimum atomic E-state index is -0.329. The molecule has 5 N–H and O–H groups in total. The Morgan fingerprint density at radius 3 is 1.95 bits per heavy atom. The van der Waals surface area contributed by atoms with Crippen molar-refractivity contribution in [2.75, 3.05) is 31.7 Å². The maximum atomic E-state index is 11.0. The molecular formula is C22H27Cl2IN11O4-. The van der Waals surface area contributed by atoms with E-state index >= 15 is 0 Å². The number of carbonyl (C=O) groups is 4. The molecule has 216 valence electrons. The Morgan fingerprint density at radius 2 is 1.43 bits per heavy atom. The first-order chi connectivity index (χ1) is 18.1. The predicted octanol–water partition coefficient (Wildman–Crippen LogP) is -1.38. The van der Waals surface area contributed by atoms with Gasteiger partial charge in [-0.2, -0.15) is 10.2 Å². The molecule has 0 radical (unpaired) electrons. The first-order valence-corrected chi connectivity index (χ1v) is 11.7. The van der Waals surface area contributed by atoms with E-state index in [-0.39, 0.29) is 74.5 Å². The predicted molar refractivity (Wildman–Crippen MR) is 145 cm³/mol. The molecule has 5 rings (SSSR count).